The topological polar surface area (TPSA) is 18.0 Å². The number of ether oxygens (including phenoxy) is 1. The van der Waals surface area contributed by atoms with Gasteiger partial charge in [0.2, 0.25) is 0 Å². The van der Waals surface area contributed by atoms with Gasteiger partial charge < -0.3 is 4.74 Å². The van der Waals surface area contributed by atoms with Crippen LogP contribution in [0.4, 0.5) is 0 Å². The standard InChI is InChI=1S/C38H41N2O/c1-23(2)28-19-14-20-29(24(3)4)35(28)40-36-32-18-13-12-17-30(32)31-21-22-33(41-25(5)6)26(7)34(31)37(36)39(8)38(40)27-15-10-9-11-16-27/h9-25H,1-8H3/q+1. The second kappa shape index (κ2) is 10.4. The number of para-hydroxylation sites is 1. The molecule has 3 nitrogen and oxygen atoms in total. The van der Waals surface area contributed by atoms with Gasteiger partial charge >= 0.3 is 0 Å². The molecule has 0 amide bonds. The molecular formula is C38H41N2O+. The van der Waals surface area contributed by atoms with E-state index in [0.717, 1.165) is 5.75 Å². The van der Waals surface area contributed by atoms with Gasteiger partial charge in [0.05, 0.1) is 18.7 Å². The van der Waals surface area contributed by atoms with E-state index in [1.54, 1.807) is 0 Å². The summed E-state index contributed by atoms with van der Waals surface area (Å²) in [6, 6.07) is 31.0. The molecule has 0 aliphatic carbocycles. The Morgan fingerprint density at radius 2 is 1.27 bits per heavy atom. The van der Waals surface area contributed by atoms with E-state index >= 15 is 0 Å². The summed E-state index contributed by atoms with van der Waals surface area (Å²) in [5.41, 5.74) is 8.89. The molecule has 0 bridgehead atoms. The lowest BCUT2D eigenvalue weighted by molar-refractivity contribution is -0.633. The van der Waals surface area contributed by atoms with Gasteiger partial charge in [0.15, 0.2) is 11.0 Å². The molecule has 0 atom stereocenters. The molecule has 6 rings (SSSR count). The largest absolute Gasteiger partial charge is 0.491 e. The molecule has 0 spiro atoms. The third-order valence-corrected chi connectivity index (χ3v) is 8.40. The number of nitrogens with zero attached hydrogens (tertiary/aromatic N) is 2. The molecule has 5 aromatic carbocycles. The van der Waals surface area contributed by atoms with Crippen molar-refractivity contribution in [2.75, 3.05) is 0 Å². The molecule has 208 valence electrons. The van der Waals surface area contributed by atoms with Crippen molar-refractivity contribution in [1.29, 1.82) is 0 Å². The van der Waals surface area contributed by atoms with E-state index in [1.807, 2.05) is 0 Å². The van der Waals surface area contributed by atoms with E-state index in [-0.39, 0.29) is 6.10 Å². The Labute approximate surface area is 244 Å². The van der Waals surface area contributed by atoms with E-state index in [2.05, 4.69) is 150 Å². The van der Waals surface area contributed by atoms with Crippen molar-refractivity contribution in [3.8, 4) is 22.8 Å². The molecule has 0 aliphatic heterocycles. The third-order valence-electron chi connectivity index (χ3n) is 8.40. The summed E-state index contributed by atoms with van der Waals surface area (Å²) in [6.07, 6.45) is 0.104. The first-order valence-corrected chi connectivity index (χ1v) is 14.9. The number of aryl methyl sites for hydroxylation is 2. The van der Waals surface area contributed by atoms with Crippen LogP contribution in [0.25, 0.3) is 49.7 Å². The molecule has 3 heteroatoms. The molecule has 1 aromatic heterocycles. The summed E-state index contributed by atoms with van der Waals surface area (Å²) < 4.78 is 11.3. The summed E-state index contributed by atoms with van der Waals surface area (Å²) >= 11 is 0. The van der Waals surface area contributed by atoms with Gasteiger partial charge in [-0.1, -0.05) is 82.3 Å². The Kier molecular flexibility index (Phi) is 6.85. The molecule has 0 unspecified atom stereocenters. The zero-order chi connectivity index (χ0) is 29.0. The summed E-state index contributed by atoms with van der Waals surface area (Å²) in [4.78, 5) is 0. The maximum absolute atomic E-state index is 6.35. The minimum atomic E-state index is 0.104. The number of benzene rings is 5. The highest BCUT2D eigenvalue weighted by molar-refractivity contribution is 6.24. The van der Waals surface area contributed by atoms with Gasteiger partial charge in [-0.25, -0.2) is 4.57 Å². The fourth-order valence-electron chi connectivity index (χ4n) is 6.59. The van der Waals surface area contributed by atoms with Crippen LogP contribution >= 0.6 is 0 Å². The smallest absolute Gasteiger partial charge is 0.294 e. The van der Waals surface area contributed by atoms with Crippen LogP contribution in [-0.2, 0) is 7.05 Å². The van der Waals surface area contributed by atoms with E-state index < -0.39 is 0 Å². The lowest BCUT2D eigenvalue weighted by atomic mass is 9.91. The van der Waals surface area contributed by atoms with Crippen molar-refractivity contribution < 1.29 is 9.30 Å². The van der Waals surface area contributed by atoms with Crippen molar-refractivity contribution in [1.82, 2.24) is 4.57 Å². The van der Waals surface area contributed by atoms with Crippen LogP contribution in [0.1, 0.15) is 70.1 Å². The SMILES string of the molecule is Cc1c(OC(C)C)ccc2c3ccccc3c3c(c12)[n+](C)c(-c1ccccc1)n3-c1c(C(C)C)cccc1C(C)C. The van der Waals surface area contributed by atoms with Gasteiger partial charge in [0.25, 0.3) is 5.82 Å². The molecular weight excluding hydrogens is 500 g/mol. The van der Waals surface area contributed by atoms with Gasteiger partial charge in [0, 0.05) is 27.5 Å². The van der Waals surface area contributed by atoms with Gasteiger partial charge in [-0.3, -0.25) is 0 Å². The lowest BCUT2D eigenvalue weighted by Gasteiger charge is -2.19. The summed E-state index contributed by atoms with van der Waals surface area (Å²) in [5, 5.41) is 5.04. The van der Waals surface area contributed by atoms with Crippen LogP contribution in [0.5, 0.6) is 5.75 Å². The third kappa shape index (κ3) is 4.30. The number of aromatic nitrogens is 2. The number of hydrogen-bond donors (Lipinski definition) is 0. The van der Waals surface area contributed by atoms with E-state index in [4.69, 9.17) is 4.74 Å². The highest BCUT2D eigenvalue weighted by Gasteiger charge is 2.34. The fourth-order valence-corrected chi connectivity index (χ4v) is 6.59. The number of hydrogen-bond acceptors (Lipinski definition) is 1. The minimum Gasteiger partial charge on any atom is -0.491 e. The molecule has 0 radical (unpaired) electrons. The van der Waals surface area contributed by atoms with Crippen LogP contribution in [0.2, 0.25) is 0 Å². The maximum Gasteiger partial charge on any atom is 0.294 e. The molecule has 0 N–H and O–H groups in total. The second-order valence-corrected chi connectivity index (χ2v) is 12.2. The maximum atomic E-state index is 6.35. The average molecular weight is 542 g/mol. The highest BCUT2D eigenvalue weighted by Crippen LogP contribution is 2.43. The Balaban J connectivity index is 1.95. The fraction of sp³-hybridized carbons (Fsp3) is 0.289. The number of fused-ring (bicyclic) bond motifs is 6. The summed E-state index contributed by atoms with van der Waals surface area (Å²) in [7, 11) is 2.23. The quantitative estimate of drug-likeness (QED) is 0.152. The molecule has 0 saturated carbocycles. The lowest BCUT2D eigenvalue weighted by Crippen LogP contribution is -2.30. The first kappa shape index (κ1) is 27.1. The zero-order valence-electron chi connectivity index (χ0n) is 25.6. The predicted molar refractivity (Wildman–Crippen MR) is 174 cm³/mol. The predicted octanol–water partition coefficient (Wildman–Crippen LogP) is 9.77. The Morgan fingerprint density at radius 3 is 1.88 bits per heavy atom. The Morgan fingerprint density at radius 1 is 0.659 bits per heavy atom. The minimum absolute atomic E-state index is 0.104. The Bertz CT molecular complexity index is 1880. The number of imidazole rings is 1. The van der Waals surface area contributed by atoms with Crippen LogP contribution < -0.4 is 9.30 Å². The summed E-state index contributed by atoms with van der Waals surface area (Å²) in [5.74, 6) is 2.87. The van der Waals surface area contributed by atoms with Gasteiger partial charge in [0.1, 0.15) is 11.4 Å². The van der Waals surface area contributed by atoms with Gasteiger partial charge in [-0.15, -0.1) is 0 Å². The normalized spacial score (nSPS) is 12.1. The van der Waals surface area contributed by atoms with Crippen molar-refractivity contribution in [3.63, 3.8) is 0 Å². The van der Waals surface area contributed by atoms with Gasteiger partial charge in [-0.05, 0) is 73.7 Å². The highest BCUT2D eigenvalue weighted by atomic mass is 16.5. The first-order valence-electron chi connectivity index (χ1n) is 14.9. The van der Waals surface area contributed by atoms with Crippen LogP contribution in [0.15, 0.2) is 84.9 Å². The van der Waals surface area contributed by atoms with Crippen molar-refractivity contribution in [2.45, 2.75) is 66.4 Å². The van der Waals surface area contributed by atoms with Crippen molar-refractivity contribution in [2.24, 2.45) is 7.05 Å². The van der Waals surface area contributed by atoms with E-state index in [9.17, 15) is 0 Å². The Hall–Kier alpha value is -4.11. The molecule has 0 fully saturated rings. The second-order valence-electron chi connectivity index (χ2n) is 12.2. The van der Waals surface area contributed by atoms with E-state index in [0.29, 0.717) is 11.8 Å². The van der Waals surface area contributed by atoms with Crippen LogP contribution in [-0.4, -0.2) is 10.7 Å². The molecule has 6 aromatic rings. The monoisotopic (exact) mass is 541 g/mol. The molecule has 1 heterocycles. The van der Waals surface area contributed by atoms with Crippen molar-refractivity contribution in [3.05, 3.63) is 102 Å². The number of rotatable bonds is 6. The molecule has 0 saturated heterocycles. The molecule has 0 aliphatic rings. The van der Waals surface area contributed by atoms with Crippen molar-refractivity contribution >= 4 is 32.6 Å². The van der Waals surface area contributed by atoms with E-state index in [1.165, 1.54) is 66.3 Å². The molecule has 41 heavy (non-hydrogen) atoms. The first-order chi connectivity index (χ1) is 19.7. The van der Waals surface area contributed by atoms with Gasteiger partial charge in [-0.2, -0.15) is 4.57 Å². The summed E-state index contributed by atoms with van der Waals surface area (Å²) in [6.45, 7) is 15.7. The average Bonchev–Trinajstić information content (AvgIpc) is 3.26. The zero-order valence-corrected chi connectivity index (χ0v) is 25.6. The van der Waals surface area contributed by atoms with Crippen LogP contribution in [0.3, 0.4) is 0 Å². The van der Waals surface area contributed by atoms with Crippen LogP contribution in [0, 0.1) is 6.92 Å².